The number of aryl methyl sites for hydroxylation is 1. The summed E-state index contributed by atoms with van der Waals surface area (Å²) in [6.07, 6.45) is 2.79. The number of aromatic nitrogens is 4. The first kappa shape index (κ1) is 16.9. The first-order valence-electron chi connectivity index (χ1n) is 7.03. The van der Waals surface area contributed by atoms with Gasteiger partial charge in [0.25, 0.3) is 5.56 Å². The lowest BCUT2D eigenvalue weighted by molar-refractivity contribution is 0.737. The Bertz CT molecular complexity index is 830. The van der Waals surface area contributed by atoms with E-state index in [9.17, 15) is 9.59 Å². The number of hydrogen-bond donors (Lipinski definition) is 1. The number of fused-ring (bicyclic) bond motifs is 1. The highest BCUT2D eigenvalue weighted by molar-refractivity contribution is 7.99. The molecule has 2 aromatic heterocycles. The lowest BCUT2D eigenvalue weighted by atomic mass is 10.4. The summed E-state index contributed by atoms with van der Waals surface area (Å²) in [5.74, 6) is 0. The lowest BCUT2D eigenvalue weighted by Crippen LogP contribution is -2.29. The van der Waals surface area contributed by atoms with E-state index in [1.54, 1.807) is 30.3 Å². The molecule has 120 valence electrons. The topological polar surface area (TPSA) is 72.7 Å². The van der Waals surface area contributed by atoms with Crippen molar-refractivity contribution in [3.05, 3.63) is 31.9 Å². The van der Waals surface area contributed by atoms with E-state index < -0.39 is 11.2 Å². The zero-order valence-electron chi connectivity index (χ0n) is 13.0. The fourth-order valence-electron chi connectivity index (χ4n) is 1.95. The molecule has 0 bridgehead atoms. The van der Waals surface area contributed by atoms with Crippen LogP contribution in [0.15, 0.2) is 25.9 Å². The van der Waals surface area contributed by atoms with Crippen molar-refractivity contribution in [2.45, 2.75) is 44.1 Å². The number of rotatable bonds is 5. The van der Waals surface area contributed by atoms with Gasteiger partial charge in [0.15, 0.2) is 16.3 Å². The number of allylic oxidation sites excluding steroid dienone is 2. The molecule has 1 atom stereocenters. The van der Waals surface area contributed by atoms with Crippen LogP contribution < -0.4 is 11.2 Å². The number of aromatic amines is 1. The highest BCUT2D eigenvalue weighted by Gasteiger charge is 2.18. The molecule has 0 aromatic carbocycles. The van der Waals surface area contributed by atoms with Crippen molar-refractivity contribution < 1.29 is 0 Å². The van der Waals surface area contributed by atoms with E-state index in [2.05, 4.69) is 23.8 Å². The van der Waals surface area contributed by atoms with Gasteiger partial charge in [-0.05, 0) is 13.3 Å². The van der Waals surface area contributed by atoms with Gasteiger partial charge in [-0.3, -0.25) is 14.3 Å². The third-order valence-corrected chi connectivity index (χ3v) is 4.82. The largest absolute Gasteiger partial charge is 0.329 e. The number of hydrogen-bond acceptors (Lipinski definition) is 4. The van der Waals surface area contributed by atoms with E-state index in [0.717, 1.165) is 6.42 Å². The van der Waals surface area contributed by atoms with E-state index in [0.29, 0.717) is 33.1 Å². The number of nitrogens with zero attached hydrogens (tertiary/aromatic N) is 3. The number of imidazole rings is 1. The second kappa shape index (κ2) is 6.75. The molecule has 8 heteroatoms. The average Bonchev–Trinajstić information content (AvgIpc) is 2.81. The maximum Gasteiger partial charge on any atom is 0.329 e. The first-order valence-corrected chi connectivity index (χ1v) is 8.29. The molecule has 0 unspecified atom stereocenters. The van der Waals surface area contributed by atoms with Gasteiger partial charge in [-0.2, -0.15) is 0 Å². The Kier molecular flexibility index (Phi) is 5.18. The van der Waals surface area contributed by atoms with Crippen LogP contribution in [-0.4, -0.2) is 24.4 Å². The van der Waals surface area contributed by atoms with Crippen molar-refractivity contribution in [1.29, 1.82) is 0 Å². The van der Waals surface area contributed by atoms with Crippen LogP contribution in [0.5, 0.6) is 0 Å². The van der Waals surface area contributed by atoms with Gasteiger partial charge >= 0.3 is 5.69 Å². The van der Waals surface area contributed by atoms with Gasteiger partial charge in [0.05, 0.1) is 0 Å². The highest BCUT2D eigenvalue weighted by Crippen LogP contribution is 2.27. The van der Waals surface area contributed by atoms with Gasteiger partial charge in [-0.15, -0.1) is 0 Å². The normalized spacial score (nSPS) is 13.8. The van der Waals surface area contributed by atoms with E-state index in [1.165, 1.54) is 4.57 Å². The van der Waals surface area contributed by atoms with E-state index >= 15 is 0 Å². The Morgan fingerprint density at radius 1 is 1.50 bits per heavy atom. The maximum absolute atomic E-state index is 12.2. The molecule has 22 heavy (non-hydrogen) atoms. The van der Waals surface area contributed by atoms with Crippen LogP contribution in [0.3, 0.4) is 0 Å². The molecule has 0 fully saturated rings. The molecule has 6 nitrogen and oxygen atoms in total. The van der Waals surface area contributed by atoms with E-state index in [1.807, 2.05) is 6.08 Å². The van der Waals surface area contributed by atoms with Gasteiger partial charge in [0, 0.05) is 23.9 Å². The number of nitrogens with one attached hydrogen (secondary N) is 1. The molecule has 2 heterocycles. The standard InChI is InChI=1S/C14H19ClN4O2S/c1-5-9(3)22-14-16-11-10(19(14)7-6-8(2)15)12(20)17-13(21)18(11)4/h6,9H,5,7H2,1-4H3,(H,17,20,21)/b8-6+/t9-/m0/s1. The molecule has 0 aliphatic rings. The number of halogens is 1. The molecule has 0 aliphatic carbocycles. The van der Waals surface area contributed by atoms with Gasteiger partial charge < -0.3 is 4.57 Å². The summed E-state index contributed by atoms with van der Waals surface area (Å²) < 4.78 is 3.15. The average molecular weight is 343 g/mol. The predicted octanol–water partition coefficient (Wildman–Crippen LogP) is 2.46. The molecule has 0 aliphatic heterocycles. The summed E-state index contributed by atoms with van der Waals surface area (Å²) >= 11 is 7.49. The van der Waals surface area contributed by atoms with Crippen molar-refractivity contribution in [3.63, 3.8) is 0 Å². The zero-order chi connectivity index (χ0) is 16.4. The van der Waals surface area contributed by atoms with Gasteiger partial charge in [-0.25, -0.2) is 9.78 Å². The van der Waals surface area contributed by atoms with Crippen molar-refractivity contribution in [2.24, 2.45) is 7.05 Å². The fourth-order valence-corrected chi connectivity index (χ4v) is 2.98. The Balaban J connectivity index is 2.72. The maximum atomic E-state index is 12.2. The Morgan fingerprint density at radius 2 is 2.18 bits per heavy atom. The second-order valence-corrected chi connectivity index (χ2v) is 7.12. The third kappa shape index (κ3) is 3.30. The SMILES string of the molecule is CC[C@H](C)Sc1nc2c(c(=O)[nH]c(=O)n2C)n1C/C=C(\C)Cl. The summed E-state index contributed by atoms with van der Waals surface area (Å²) in [5, 5.41) is 1.71. The highest BCUT2D eigenvalue weighted by atomic mass is 35.5. The fraction of sp³-hybridized carbons (Fsp3) is 0.500. The third-order valence-electron chi connectivity index (χ3n) is 3.41. The molecule has 0 saturated carbocycles. The summed E-state index contributed by atoms with van der Waals surface area (Å²) in [6, 6.07) is 0. The Hall–Kier alpha value is -1.47. The molecule has 0 amide bonds. The first-order chi connectivity index (χ1) is 10.3. The summed E-state index contributed by atoms with van der Waals surface area (Å²) in [6.45, 7) is 6.41. The number of H-pyrrole nitrogens is 1. The molecular weight excluding hydrogens is 324 g/mol. The van der Waals surface area contributed by atoms with Crippen LogP contribution in [0.2, 0.25) is 0 Å². The van der Waals surface area contributed by atoms with Crippen molar-refractivity contribution >= 4 is 34.5 Å². The second-order valence-electron chi connectivity index (χ2n) is 5.12. The smallest absolute Gasteiger partial charge is 0.309 e. The minimum atomic E-state index is -0.466. The molecule has 1 N–H and O–H groups in total. The summed E-state index contributed by atoms with van der Waals surface area (Å²) in [7, 11) is 1.60. The van der Waals surface area contributed by atoms with Gasteiger partial charge in [0.2, 0.25) is 0 Å². The Morgan fingerprint density at radius 3 is 2.77 bits per heavy atom. The van der Waals surface area contributed by atoms with Crippen LogP contribution >= 0.6 is 23.4 Å². The van der Waals surface area contributed by atoms with E-state index in [4.69, 9.17) is 11.6 Å². The van der Waals surface area contributed by atoms with Crippen LogP contribution in [0.1, 0.15) is 27.2 Å². The quantitative estimate of drug-likeness (QED) is 0.847. The summed E-state index contributed by atoms with van der Waals surface area (Å²) in [4.78, 5) is 30.7. The summed E-state index contributed by atoms with van der Waals surface area (Å²) in [5.41, 5.74) is -0.115. The Labute approximate surface area is 137 Å². The lowest BCUT2D eigenvalue weighted by Gasteiger charge is -2.09. The van der Waals surface area contributed by atoms with Crippen LogP contribution in [-0.2, 0) is 13.6 Å². The molecule has 0 saturated heterocycles. The van der Waals surface area contributed by atoms with Crippen LogP contribution in [0, 0.1) is 0 Å². The van der Waals surface area contributed by atoms with Crippen molar-refractivity contribution in [1.82, 2.24) is 19.1 Å². The van der Waals surface area contributed by atoms with Crippen LogP contribution in [0.4, 0.5) is 0 Å². The molecular formula is C14H19ClN4O2S. The molecule has 0 spiro atoms. The predicted molar refractivity (Wildman–Crippen MR) is 90.8 cm³/mol. The molecule has 2 rings (SSSR count). The monoisotopic (exact) mass is 342 g/mol. The zero-order valence-corrected chi connectivity index (χ0v) is 14.6. The minimum absolute atomic E-state index is 0.354. The molecule has 0 radical (unpaired) electrons. The minimum Gasteiger partial charge on any atom is -0.309 e. The van der Waals surface area contributed by atoms with Gasteiger partial charge in [0.1, 0.15) is 0 Å². The van der Waals surface area contributed by atoms with E-state index in [-0.39, 0.29) is 0 Å². The van der Waals surface area contributed by atoms with Crippen LogP contribution in [0.25, 0.3) is 11.2 Å². The molecule has 2 aromatic rings. The van der Waals surface area contributed by atoms with Crippen molar-refractivity contribution in [2.75, 3.05) is 0 Å². The number of thioether (sulfide) groups is 1. The van der Waals surface area contributed by atoms with Gasteiger partial charge in [-0.1, -0.05) is 43.3 Å². The van der Waals surface area contributed by atoms with Crippen molar-refractivity contribution in [3.8, 4) is 0 Å².